The zero-order chi connectivity index (χ0) is 32.6. The monoisotopic (exact) mass is 631 g/mol. The molecule has 4 rings (SSSR count). The number of para-hydroxylation sites is 1. The van der Waals surface area contributed by atoms with E-state index in [0.717, 1.165) is 34.1 Å². The molecule has 1 N–H and O–H groups in total. The Labute approximate surface area is 264 Å². The smallest absolute Gasteiger partial charge is 0.264 e. The highest BCUT2D eigenvalue weighted by atomic mass is 32.2. The van der Waals surface area contributed by atoms with E-state index < -0.39 is 39.9 Å². The van der Waals surface area contributed by atoms with Crippen molar-refractivity contribution in [3.05, 3.63) is 126 Å². The largest absolute Gasteiger partial charge is 0.497 e. The molecule has 0 fully saturated rings. The average Bonchev–Trinajstić information content (AvgIpc) is 3.01. The number of benzene rings is 4. The van der Waals surface area contributed by atoms with Crippen LogP contribution in [0, 0.1) is 5.82 Å². The quantitative estimate of drug-likeness (QED) is 0.220. The number of nitrogens with zero attached hydrogens (tertiary/aromatic N) is 2. The fraction of sp³-hybridized carbons (Fsp3) is 0.257. The third kappa shape index (κ3) is 8.92. The molecule has 0 saturated carbocycles. The van der Waals surface area contributed by atoms with Gasteiger partial charge in [0.25, 0.3) is 10.0 Å². The molecule has 2 amide bonds. The molecule has 8 nitrogen and oxygen atoms in total. The van der Waals surface area contributed by atoms with E-state index in [-0.39, 0.29) is 29.5 Å². The number of rotatable bonds is 12. The molecule has 45 heavy (non-hydrogen) atoms. The number of carbonyl (C=O) groups excluding carboxylic acids is 2. The van der Waals surface area contributed by atoms with Crippen molar-refractivity contribution in [3.8, 4) is 5.75 Å². The maximum Gasteiger partial charge on any atom is 0.264 e. The van der Waals surface area contributed by atoms with Crippen LogP contribution in [0.15, 0.2) is 114 Å². The topological polar surface area (TPSA) is 96.0 Å². The average molecular weight is 632 g/mol. The van der Waals surface area contributed by atoms with Crippen molar-refractivity contribution < 1.29 is 27.1 Å². The predicted molar refractivity (Wildman–Crippen MR) is 173 cm³/mol. The molecule has 0 aliphatic carbocycles. The first-order valence-corrected chi connectivity index (χ1v) is 15.9. The van der Waals surface area contributed by atoms with Crippen LogP contribution in [0.2, 0.25) is 0 Å². The maximum absolute atomic E-state index is 14.5. The second-order valence-electron chi connectivity index (χ2n) is 11.6. The van der Waals surface area contributed by atoms with Crippen molar-refractivity contribution in [2.45, 2.75) is 50.2 Å². The Balaban J connectivity index is 1.81. The Morgan fingerprint density at radius 1 is 0.844 bits per heavy atom. The third-order valence-corrected chi connectivity index (χ3v) is 8.77. The van der Waals surface area contributed by atoms with E-state index in [1.165, 1.54) is 12.0 Å². The summed E-state index contributed by atoms with van der Waals surface area (Å²) < 4.78 is 48.0. The molecule has 0 aromatic heterocycles. The minimum Gasteiger partial charge on any atom is -0.497 e. The Hall–Kier alpha value is -4.70. The zero-order valence-electron chi connectivity index (χ0n) is 25.8. The number of methoxy groups -OCH3 is 1. The molecule has 0 saturated heterocycles. The van der Waals surface area contributed by atoms with Gasteiger partial charge >= 0.3 is 0 Å². The highest BCUT2D eigenvalue weighted by molar-refractivity contribution is 7.92. The first kappa shape index (κ1) is 33.2. The SMILES string of the molecule is COc1cccc(CN(C(=O)CN(c2ccccc2)S(=O)(=O)c2ccc(F)cc2)C(Cc2ccccc2)C(=O)NC(C)(C)C)c1. The highest BCUT2D eigenvalue weighted by Gasteiger charge is 2.35. The van der Waals surface area contributed by atoms with Gasteiger partial charge in [0.2, 0.25) is 11.8 Å². The summed E-state index contributed by atoms with van der Waals surface area (Å²) in [5.41, 5.74) is 1.17. The summed E-state index contributed by atoms with van der Waals surface area (Å²) >= 11 is 0. The number of anilines is 1. The Morgan fingerprint density at radius 3 is 2.04 bits per heavy atom. The van der Waals surface area contributed by atoms with Gasteiger partial charge in [0.05, 0.1) is 17.7 Å². The summed E-state index contributed by atoms with van der Waals surface area (Å²) in [5.74, 6) is -0.995. The van der Waals surface area contributed by atoms with Gasteiger partial charge in [0.15, 0.2) is 0 Å². The number of halogens is 1. The molecule has 236 valence electrons. The van der Waals surface area contributed by atoms with Crippen LogP contribution in [0.4, 0.5) is 10.1 Å². The Morgan fingerprint density at radius 2 is 1.44 bits per heavy atom. The van der Waals surface area contributed by atoms with Crippen LogP contribution >= 0.6 is 0 Å². The van der Waals surface area contributed by atoms with Crippen LogP contribution in [0.25, 0.3) is 0 Å². The molecule has 0 radical (unpaired) electrons. The lowest BCUT2D eigenvalue weighted by Crippen LogP contribution is -2.56. The van der Waals surface area contributed by atoms with E-state index in [2.05, 4.69) is 5.32 Å². The van der Waals surface area contributed by atoms with Gasteiger partial charge in [0, 0.05) is 18.5 Å². The van der Waals surface area contributed by atoms with Crippen molar-refractivity contribution in [3.63, 3.8) is 0 Å². The fourth-order valence-electron chi connectivity index (χ4n) is 4.83. The number of sulfonamides is 1. The second-order valence-corrected chi connectivity index (χ2v) is 13.5. The normalized spacial score (nSPS) is 12.2. The number of ether oxygens (including phenoxy) is 1. The molecule has 1 unspecified atom stereocenters. The number of nitrogens with one attached hydrogen (secondary N) is 1. The first-order chi connectivity index (χ1) is 21.4. The van der Waals surface area contributed by atoms with Crippen LogP contribution in [0.5, 0.6) is 5.75 Å². The van der Waals surface area contributed by atoms with Crippen molar-refractivity contribution >= 4 is 27.5 Å². The summed E-state index contributed by atoms with van der Waals surface area (Å²) in [7, 11) is -2.78. The summed E-state index contributed by atoms with van der Waals surface area (Å²) in [6, 6.07) is 28.1. The molecule has 4 aromatic rings. The summed E-state index contributed by atoms with van der Waals surface area (Å²) in [6.45, 7) is 4.95. The molecule has 0 heterocycles. The van der Waals surface area contributed by atoms with Crippen molar-refractivity contribution in [1.82, 2.24) is 10.2 Å². The van der Waals surface area contributed by atoms with Gasteiger partial charge in [-0.05, 0) is 80.4 Å². The summed E-state index contributed by atoms with van der Waals surface area (Å²) in [4.78, 5) is 29.6. The van der Waals surface area contributed by atoms with Crippen molar-refractivity contribution in [2.24, 2.45) is 0 Å². The van der Waals surface area contributed by atoms with E-state index >= 15 is 0 Å². The van der Waals surface area contributed by atoms with Crippen LogP contribution in [0.1, 0.15) is 31.9 Å². The molecule has 1 atom stereocenters. The molecule has 0 bridgehead atoms. The number of carbonyl (C=O) groups is 2. The van der Waals surface area contributed by atoms with Crippen LogP contribution in [0.3, 0.4) is 0 Å². The van der Waals surface area contributed by atoms with Gasteiger partial charge in [-0.25, -0.2) is 12.8 Å². The number of hydrogen-bond donors (Lipinski definition) is 1. The van der Waals surface area contributed by atoms with Crippen molar-refractivity contribution in [1.29, 1.82) is 0 Å². The second kappa shape index (κ2) is 14.4. The lowest BCUT2D eigenvalue weighted by atomic mass is 10.0. The first-order valence-electron chi connectivity index (χ1n) is 14.5. The van der Waals surface area contributed by atoms with E-state index in [1.807, 2.05) is 57.2 Å². The van der Waals surface area contributed by atoms with E-state index in [1.54, 1.807) is 48.5 Å². The molecule has 0 aliphatic heterocycles. The zero-order valence-corrected chi connectivity index (χ0v) is 26.6. The van der Waals surface area contributed by atoms with E-state index in [4.69, 9.17) is 4.74 Å². The van der Waals surface area contributed by atoms with Crippen molar-refractivity contribution in [2.75, 3.05) is 18.0 Å². The minimum atomic E-state index is -4.32. The number of amides is 2. The molecule has 10 heteroatoms. The van der Waals surface area contributed by atoms with Gasteiger partial charge in [-0.15, -0.1) is 0 Å². The lowest BCUT2D eigenvalue weighted by Gasteiger charge is -2.35. The predicted octanol–water partition coefficient (Wildman–Crippen LogP) is 5.58. The molecular weight excluding hydrogens is 593 g/mol. The van der Waals surface area contributed by atoms with E-state index in [9.17, 15) is 22.4 Å². The van der Waals surface area contributed by atoms with Gasteiger partial charge in [-0.3, -0.25) is 13.9 Å². The Kier molecular flexibility index (Phi) is 10.6. The maximum atomic E-state index is 14.5. The summed E-state index contributed by atoms with van der Waals surface area (Å²) in [6.07, 6.45) is 0.189. The van der Waals surface area contributed by atoms with E-state index in [0.29, 0.717) is 11.3 Å². The standard InChI is InChI=1S/C35H38FN3O5S/c1-35(2,3)37-34(41)32(23-26-12-7-5-8-13-26)38(24-27-14-11-17-30(22-27)44-4)33(40)25-39(29-15-9-6-10-16-29)45(42,43)31-20-18-28(36)19-21-31/h5-22,32H,23-25H2,1-4H3,(H,37,41). The minimum absolute atomic E-state index is 0.00429. The molecule has 0 aliphatic rings. The van der Waals surface area contributed by atoms with Crippen LogP contribution in [-0.2, 0) is 32.6 Å². The Bertz CT molecular complexity index is 1690. The molecule has 4 aromatic carbocycles. The molecule has 0 spiro atoms. The highest BCUT2D eigenvalue weighted by Crippen LogP contribution is 2.26. The van der Waals surface area contributed by atoms with Gasteiger partial charge in [-0.1, -0.05) is 60.7 Å². The molecular formula is C35H38FN3O5S. The van der Waals surface area contributed by atoms with Gasteiger partial charge < -0.3 is 15.0 Å². The summed E-state index contributed by atoms with van der Waals surface area (Å²) in [5, 5.41) is 3.00. The van der Waals surface area contributed by atoms with Gasteiger partial charge in [0.1, 0.15) is 24.2 Å². The number of hydrogen-bond acceptors (Lipinski definition) is 5. The van der Waals surface area contributed by atoms with Crippen LogP contribution in [-0.4, -0.2) is 50.4 Å². The lowest BCUT2D eigenvalue weighted by molar-refractivity contribution is -0.140. The fourth-order valence-corrected chi connectivity index (χ4v) is 6.25. The van der Waals surface area contributed by atoms with Gasteiger partial charge in [-0.2, -0.15) is 0 Å². The third-order valence-electron chi connectivity index (χ3n) is 6.98. The van der Waals surface area contributed by atoms with Crippen LogP contribution < -0.4 is 14.4 Å².